The van der Waals surface area contributed by atoms with Crippen molar-refractivity contribution in [2.45, 2.75) is 33.3 Å². The van der Waals surface area contributed by atoms with Crippen molar-refractivity contribution in [1.82, 2.24) is 0 Å². The average Bonchev–Trinajstić information content (AvgIpc) is 3.03. The molecule has 0 saturated carbocycles. The summed E-state index contributed by atoms with van der Waals surface area (Å²) in [7, 11) is 0. The Morgan fingerprint density at radius 2 is 2.00 bits per heavy atom. The first-order chi connectivity index (χ1) is 12.0. The van der Waals surface area contributed by atoms with E-state index in [9.17, 15) is 13.6 Å². The van der Waals surface area contributed by atoms with Crippen LogP contribution in [-0.2, 0) is 6.42 Å². The maximum Gasteiger partial charge on any atom is 0.387 e. The Hall–Kier alpha value is -2.21. The quantitative estimate of drug-likeness (QED) is 0.428. The predicted octanol–water partition coefficient (Wildman–Crippen LogP) is 5.60. The Morgan fingerprint density at radius 3 is 2.68 bits per heavy atom. The second-order valence-corrected chi connectivity index (χ2v) is 6.40. The first-order valence-corrected chi connectivity index (χ1v) is 8.88. The molecule has 25 heavy (non-hydrogen) atoms. The highest BCUT2D eigenvalue weighted by Crippen LogP contribution is 2.30. The number of hydrogen-bond acceptors (Lipinski definition) is 4. The van der Waals surface area contributed by atoms with Gasteiger partial charge in [-0.25, -0.2) is 0 Å². The summed E-state index contributed by atoms with van der Waals surface area (Å²) in [5.41, 5.74) is 0.670. The molecule has 2 aromatic rings. The van der Waals surface area contributed by atoms with Gasteiger partial charge in [0, 0.05) is 4.88 Å². The van der Waals surface area contributed by atoms with Gasteiger partial charge in [-0.2, -0.15) is 8.78 Å². The van der Waals surface area contributed by atoms with Gasteiger partial charge in [0.1, 0.15) is 0 Å². The molecule has 134 valence electrons. The third kappa shape index (κ3) is 5.67. The summed E-state index contributed by atoms with van der Waals surface area (Å²) in [6, 6.07) is 8.38. The molecule has 1 aromatic heterocycles. The number of carbonyl (C=O) groups is 1. The monoisotopic (exact) mass is 366 g/mol. The number of benzene rings is 1. The van der Waals surface area contributed by atoms with Crippen LogP contribution in [0.4, 0.5) is 8.78 Å². The number of hydrogen-bond donors (Lipinski definition) is 0. The highest BCUT2D eigenvalue weighted by atomic mass is 32.1. The molecular weight excluding hydrogens is 346 g/mol. The number of allylic oxidation sites excluding steroid dienone is 1. The van der Waals surface area contributed by atoms with Crippen molar-refractivity contribution in [2.75, 3.05) is 6.61 Å². The minimum Gasteiger partial charge on any atom is -0.490 e. The molecule has 0 radical (unpaired) electrons. The van der Waals surface area contributed by atoms with E-state index in [1.54, 1.807) is 25.1 Å². The van der Waals surface area contributed by atoms with Crippen LogP contribution in [0.1, 0.15) is 40.4 Å². The van der Waals surface area contributed by atoms with Crippen LogP contribution < -0.4 is 9.47 Å². The van der Waals surface area contributed by atoms with Gasteiger partial charge < -0.3 is 9.47 Å². The third-order valence-corrected chi connectivity index (χ3v) is 4.47. The highest BCUT2D eigenvalue weighted by molar-refractivity contribution is 7.14. The van der Waals surface area contributed by atoms with E-state index in [1.165, 1.54) is 28.4 Å². The van der Waals surface area contributed by atoms with Gasteiger partial charge in [0.15, 0.2) is 17.3 Å². The molecule has 0 aliphatic heterocycles. The van der Waals surface area contributed by atoms with Crippen molar-refractivity contribution in [1.29, 1.82) is 0 Å². The summed E-state index contributed by atoms with van der Waals surface area (Å²) >= 11 is 1.49. The van der Waals surface area contributed by atoms with Gasteiger partial charge in [-0.1, -0.05) is 25.5 Å². The van der Waals surface area contributed by atoms with Gasteiger partial charge >= 0.3 is 6.61 Å². The van der Waals surface area contributed by atoms with Crippen molar-refractivity contribution in [3.8, 4) is 11.5 Å². The molecule has 0 atom stereocenters. The molecule has 0 aliphatic rings. The van der Waals surface area contributed by atoms with Crippen LogP contribution in [0.5, 0.6) is 11.5 Å². The van der Waals surface area contributed by atoms with Crippen LogP contribution >= 0.6 is 11.3 Å². The maximum atomic E-state index is 12.4. The molecule has 0 bridgehead atoms. The van der Waals surface area contributed by atoms with E-state index in [1.807, 2.05) is 12.1 Å². The van der Waals surface area contributed by atoms with Crippen molar-refractivity contribution < 1.29 is 23.0 Å². The fraction of sp³-hybridized carbons (Fsp3) is 0.316. The summed E-state index contributed by atoms with van der Waals surface area (Å²) < 4.78 is 34.6. The predicted molar refractivity (Wildman–Crippen MR) is 95.9 cm³/mol. The van der Waals surface area contributed by atoms with Gasteiger partial charge in [0.25, 0.3) is 0 Å². The third-order valence-electron chi connectivity index (χ3n) is 3.31. The maximum absolute atomic E-state index is 12.4. The Kier molecular flexibility index (Phi) is 7.13. The minimum atomic E-state index is -2.92. The van der Waals surface area contributed by atoms with Crippen molar-refractivity contribution in [2.24, 2.45) is 0 Å². The lowest BCUT2D eigenvalue weighted by Gasteiger charge is -2.11. The van der Waals surface area contributed by atoms with Crippen LogP contribution in [0.3, 0.4) is 0 Å². The molecule has 0 N–H and O–H groups in total. The van der Waals surface area contributed by atoms with Gasteiger partial charge in [0.2, 0.25) is 0 Å². The number of carbonyl (C=O) groups excluding carboxylic acids is 1. The van der Waals surface area contributed by atoms with Crippen LogP contribution in [0.15, 0.2) is 36.4 Å². The van der Waals surface area contributed by atoms with Crippen molar-refractivity contribution >= 4 is 23.2 Å². The van der Waals surface area contributed by atoms with Crippen molar-refractivity contribution in [3.63, 3.8) is 0 Å². The Balaban J connectivity index is 2.13. The first-order valence-electron chi connectivity index (χ1n) is 8.06. The van der Waals surface area contributed by atoms with Gasteiger partial charge in [-0.05, 0) is 49.2 Å². The molecule has 1 heterocycles. The fourth-order valence-corrected chi connectivity index (χ4v) is 3.26. The lowest BCUT2D eigenvalue weighted by molar-refractivity contribution is -0.0514. The summed E-state index contributed by atoms with van der Waals surface area (Å²) in [6.45, 7) is 1.25. The van der Waals surface area contributed by atoms with Crippen LogP contribution in [0.2, 0.25) is 0 Å². The van der Waals surface area contributed by atoms with Crippen molar-refractivity contribution in [3.05, 3.63) is 51.7 Å². The molecule has 6 heteroatoms. The second kappa shape index (κ2) is 9.32. The standard InChI is InChI=1S/C19H20F2O3S/c1-3-5-14-8-11-18(25-14)15(22)9-6-13-7-10-16(24-19(20)21)17(12-13)23-4-2/h6-12,19H,3-5H2,1-2H3/b9-6+. The number of alkyl halides is 2. The van der Waals surface area contributed by atoms with Gasteiger partial charge in [0.05, 0.1) is 11.5 Å². The molecule has 0 fully saturated rings. The average molecular weight is 366 g/mol. The number of rotatable bonds is 9. The number of thiophene rings is 1. The fourth-order valence-electron chi connectivity index (χ4n) is 2.24. The Labute approximate surface area is 149 Å². The first kappa shape index (κ1) is 19.1. The molecule has 2 rings (SSSR count). The summed E-state index contributed by atoms with van der Waals surface area (Å²) in [4.78, 5) is 14.1. The van der Waals surface area contributed by atoms with Gasteiger partial charge in [-0.3, -0.25) is 4.79 Å². The molecule has 0 unspecified atom stereocenters. The molecule has 3 nitrogen and oxygen atoms in total. The number of ether oxygens (including phenoxy) is 2. The lowest BCUT2D eigenvalue weighted by Crippen LogP contribution is -2.04. The Morgan fingerprint density at radius 1 is 1.20 bits per heavy atom. The second-order valence-electron chi connectivity index (χ2n) is 5.23. The van der Waals surface area contributed by atoms with Crippen LogP contribution in [0.25, 0.3) is 6.08 Å². The van der Waals surface area contributed by atoms with E-state index in [2.05, 4.69) is 11.7 Å². The molecular formula is C19H20F2O3S. The van der Waals surface area contributed by atoms with E-state index in [0.717, 1.165) is 12.8 Å². The summed E-state index contributed by atoms with van der Waals surface area (Å²) in [5.74, 6) is 0.111. The largest absolute Gasteiger partial charge is 0.490 e. The zero-order valence-electron chi connectivity index (χ0n) is 14.1. The van der Waals surface area contributed by atoms with Crippen LogP contribution in [-0.4, -0.2) is 19.0 Å². The van der Waals surface area contributed by atoms with E-state index in [0.29, 0.717) is 17.0 Å². The van der Waals surface area contributed by atoms with Crippen LogP contribution in [0, 0.1) is 0 Å². The minimum absolute atomic E-state index is 0.0252. The summed E-state index contributed by atoms with van der Waals surface area (Å²) in [6.07, 6.45) is 5.11. The normalized spacial score (nSPS) is 11.2. The van der Waals surface area contributed by atoms with E-state index in [4.69, 9.17) is 4.74 Å². The molecule has 0 amide bonds. The molecule has 1 aromatic carbocycles. The SMILES string of the molecule is CCCc1ccc(C(=O)/C=C/c2ccc(OC(F)F)c(OCC)c2)s1. The topological polar surface area (TPSA) is 35.5 Å². The highest BCUT2D eigenvalue weighted by Gasteiger charge is 2.11. The molecule has 0 saturated heterocycles. The number of ketones is 1. The lowest BCUT2D eigenvalue weighted by atomic mass is 10.1. The van der Waals surface area contributed by atoms with Gasteiger partial charge in [-0.15, -0.1) is 11.3 Å². The zero-order valence-corrected chi connectivity index (χ0v) is 14.9. The zero-order chi connectivity index (χ0) is 18.2. The molecule has 0 spiro atoms. The Bertz CT molecular complexity index is 738. The number of halogens is 2. The number of aryl methyl sites for hydroxylation is 1. The van der Waals surface area contributed by atoms with E-state index >= 15 is 0 Å². The smallest absolute Gasteiger partial charge is 0.387 e. The molecule has 0 aliphatic carbocycles. The van der Waals surface area contributed by atoms with E-state index < -0.39 is 6.61 Å². The summed E-state index contributed by atoms with van der Waals surface area (Å²) in [5, 5.41) is 0. The van der Waals surface area contributed by atoms with E-state index in [-0.39, 0.29) is 17.3 Å².